The van der Waals surface area contributed by atoms with Gasteiger partial charge in [-0.2, -0.15) is 0 Å². The van der Waals surface area contributed by atoms with E-state index in [2.05, 4.69) is 0 Å². The number of nitrogens with two attached hydrogens (primary N) is 1. The zero-order valence-electron chi connectivity index (χ0n) is 4.54. The molecular formula is C5H9NO2. The number of rotatable bonds is 0. The molecule has 46 valence electrons. The Bertz CT molecular complexity index is 107. The van der Waals surface area contributed by atoms with Crippen LogP contribution in [0.5, 0.6) is 0 Å². The third kappa shape index (κ3) is 0.438. The summed E-state index contributed by atoms with van der Waals surface area (Å²) in [5, 5.41) is 0. The van der Waals surface area contributed by atoms with Crippen molar-refractivity contribution in [2.45, 2.75) is 24.7 Å². The summed E-state index contributed by atoms with van der Waals surface area (Å²) in [5.41, 5.74) is 5.56. The van der Waals surface area contributed by atoms with Gasteiger partial charge in [-0.15, -0.1) is 0 Å². The maximum absolute atomic E-state index is 5.56. The molecule has 0 amide bonds. The normalized spacial score (nSPS) is 52.9. The summed E-state index contributed by atoms with van der Waals surface area (Å²) >= 11 is 0. The first-order valence-corrected chi connectivity index (χ1v) is 2.87. The molecule has 2 rings (SSSR count). The first-order chi connectivity index (χ1) is 3.88. The molecule has 0 bridgehead atoms. The van der Waals surface area contributed by atoms with E-state index in [0.717, 1.165) is 6.42 Å². The minimum Gasteiger partial charge on any atom is -0.349 e. The second-order valence-corrected chi connectivity index (χ2v) is 2.35. The van der Waals surface area contributed by atoms with Crippen LogP contribution in [0.3, 0.4) is 0 Å². The summed E-state index contributed by atoms with van der Waals surface area (Å²) in [6.07, 6.45) is 1.52. The Morgan fingerprint density at radius 1 is 1.38 bits per heavy atom. The van der Waals surface area contributed by atoms with Gasteiger partial charge in [-0.1, -0.05) is 0 Å². The highest BCUT2D eigenvalue weighted by atomic mass is 16.7. The zero-order valence-corrected chi connectivity index (χ0v) is 4.54. The van der Waals surface area contributed by atoms with Gasteiger partial charge in [-0.25, -0.2) is 0 Å². The van der Waals surface area contributed by atoms with E-state index >= 15 is 0 Å². The lowest BCUT2D eigenvalue weighted by Gasteiger charge is -2.33. The highest BCUT2D eigenvalue weighted by molar-refractivity contribution is 4.96. The van der Waals surface area contributed by atoms with E-state index in [4.69, 9.17) is 15.2 Å². The average Bonchev–Trinajstić information content (AvgIpc) is 2.09. The van der Waals surface area contributed by atoms with E-state index in [1.165, 1.54) is 0 Å². The lowest BCUT2D eigenvalue weighted by molar-refractivity contribution is 0.0368. The summed E-state index contributed by atoms with van der Waals surface area (Å²) in [7, 11) is 0. The van der Waals surface area contributed by atoms with Crippen molar-refractivity contribution >= 4 is 0 Å². The van der Waals surface area contributed by atoms with Gasteiger partial charge in [0.25, 0.3) is 0 Å². The van der Waals surface area contributed by atoms with Crippen LogP contribution in [0.1, 0.15) is 6.42 Å². The quantitative estimate of drug-likeness (QED) is 0.461. The van der Waals surface area contributed by atoms with Gasteiger partial charge in [0.1, 0.15) is 12.9 Å². The number of ether oxygens (including phenoxy) is 2. The van der Waals surface area contributed by atoms with E-state index in [1.54, 1.807) is 0 Å². The predicted molar refractivity (Wildman–Crippen MR) is 27.2 cm³/mol. The first kappa shape index (κ1) is 4.73. The molecule has 0 aromatic rings. The number of hydrogen-bond donors (Lipinski definition) is 1. The predicted octanol–water partition coefficient (Wildman–Crippen LogP) is -0.541. The zero-order chi connectivity index (χ0) is 5.56. The van der Waals surface area contributed by atoms with Gasteiger partial charge < -0.3 is 15.2 Å². The summed E-state index contributed by atoms with van der Waals surface area (Å²) in [6.45, 7) is 0.447. The molecule has 3 heteroatoms. The molecule has 3 atom stereocenters. The lowest BCUT2D eigenvalue weighted by Crippen LogP contribution is -2.53. The maximum atomic E-state index is 5.56. The fourth-order valence-corrected chi connectivity index (χ4v) is 1.22. The molecule has 1 aliphatic carbocycles. The third-order valence-electron chi connectivity index (χ3n) is 1.84. The topological polar surface area (TPSA) is 44.5 Å². The molecule has 2 aliphatic rings. The Labute approximate surface area is 47.8 Å². The van der Waals surface area contributed by atoms with Crippen molar-refractivity contribution < 1.29 is 9.47 Å². The second-order valence-electron chi connectivity index (χ2n) is 2.35. The van der Waals surface area contributed by atoms with Crippen LogP contribution in [0, 0.1) is 0 Å². The standard InChI is InChI=1S/C5H9NO2/c6-3-1-4-5(3)8-2-7-4/h3-5H,1-2,6H2/t3-,4-,5+/m1/s1. The Morgan fingerprint density at radius 3 is 2.75 bits per heavy atom. The second kappa shape index (κ2) is 1.43. The minimum atomic E-state index is 0.218. The fraction of sp³-hybridized carbons (Fsp3) is 1.00. The van der Waals surface area contributed by atoms with E-state index in [0.29, 0.717) is 12.9 Å². The summed E-state index contributed by atoms with van der Waals surface area (Å²) in [6, 6.07) is 0.238. The van der Waals surface area contributed by atoms with Crippen molar-refractivity contribution in [3.63, 3.8) is 0 Å². The highest BCUT2D eigenvalue weighted by Crippen LogP contribution is 2.29. The molecule has 2 N–H and O–H groups in total. The highest BCUT2D eigenvalue weighted by Gasteiger charge is 2.44. The Balaban J connectivity index is 2.02. The molecule has 0 aromatic heterocycles. The molecule has 2 fully saturated rings. The molecule has 8 heavy (non-hydrogen) atoms. The lowest BCUT2D eigenvalue weighted by atomic mass is 9.87. The van der Waals surface area contributed by atoms with E-state index < -0.39 is 0 Å². The van der Waals surface area contributed by atoms with Gasteiger partial charge >= 0.3 is 0 Å². The van der Waals surface area contributed by atoms with Gasteiger partial charge in [-0.3, -0.25) is 0 Å². The van der Waals surface area contributed by atoms with E-state index in [-0.39, 0.29) is 12.1 Å². The van der Waals surface area contributed by atoms with Gasteiger partial charge in [-0.05, 0) is 6.42 Å². The van der Waals surface area contributed by atoms with Crippen molar-refractivity contribution in [2.24, 2.45) is 5.73 Å². The van der Waals surface area contributed by atoms with Crippen LogP contribution in [0.25, 0.3) is 0 Å². The molecule has 1 saturated carbocycles. The number of fused-ring (bicyclic) bond motifs is 1. The van der Waals surface area contributed by atoms with Crippen LogP contribution in [-0.4, -0.2) is 25.0 Å². The van der Waals surface area contributed by atoms with Gasteiger partial charge in [0.2, 0.25) is 0 Å². The molecule has 0 unspecified atom stereocenters. The molecule has 1 saturated heterocycles. The van der Waals surface area contributed by atoms with Crippen molar-refractivity contribution in [1.29, 1.82) is 0 Å². The Kier molecular flexibility index (Phi) is 0.848. The van der Waals surface area contributed by atoms with E-state index in [9.17, 15) is 0 Å². The van der Waals surface area contributed by atoms with Crippen LogP contribution in [0.15, 0.2) is 0 Å². The molecule has 3 nitrogen and oxygen atoms in total. The average molecular weight is 115 g/mol. The summed E-state index contributed by atoms with van der Waals surface area (Å²) < 4.78 is 10.2. The first-order valence-electron chi connectivity index (χ1n) is 2.87. The molecule has 1 heterocycles. The molecule has 0 spiro atoms. The van der Waals surface area contributed by atoms with Crippen LogP contribution in [-0.2, 0) is 9.47 Å². The maximum Gasteiger partial charge on any atom is 0.147 e. The Morgan fingerprint density at radius 2 is 2.25 bits per heavy atom. The van der Waals surface area contributed by atoms with E-state index in [1.807, 2.05) is 0 Å². The monoisotopic (exact) mass is 115 g/mol. The van der Waals surface area contributed by atoms with Gasteiger partial charge in [0.15, 0.2) is 0 Å². The fourth-order valence-electron chi connectivity index (χ4n) is 1.22. The number of hydrogen-bond acceptors (Lipinski definition) is 3. The third-order valence-corrected chi connectivity index (χ3v) is 1.84. The SMILES string of the molecule is N[C@@H]1C[C@H]2OCO[C@@H]12. The van der Waals surface area contributed by atoms with Gasteiger partial charge in [0.05, 0.1) is 6.10 Å². The van der Waals surface area contributed by atoms with Crippen molar-refractivity contribution in [1.82, 2.24) is 0 Å². The molecule has 0 radical (unpaired) electrons. The molecular weight excluding hydrogens is 106 g/mol. The van der Waals surface area contributed by atoms with Crippen LogP contribution in [0.4, 0.5) is 0 Å². The van der Waals surface area contributed by atoms with Crippen LogP contribution in [0.2, 0.25) is 0 Å². The van der Waals surface area contributed by atoms with Crippen molar-refractivity contribution in [3.05, 3.63) is 0 Å². The Hall–Kier alpha value is -0.120. The minimum absolute atomic E-state index is 0.218. The van der Waals surface area contributed by atoms with Crippen molar-refractivity contribution in [2.75, 3.05) is 6.79 Å². The molecule has 0 aromatic carbocycles. The molecule has 1 aliphatic heterocycles. The van der Waals surface area contributed by atoms with Gasteiger partial charge in [0, 0.05) is 6.04 Å². The largest absolute Gasteiger partial charge is 0.349 e. The van der Waals surface area contributed by atoms with Crippen LogP contribution >= 0.6 is 0 Å². The van der Waals surface area contributed by atoms with Crippen molar-refractivity contribution in [3.8, 4) is 0 Å². The summed E-state index contributed by atoms with van der Waals surface area (Å²) in [5.74, 6) is 0. The smallest absolute Gasteiger partial charge is 0.147 e. The van der Waals surface area contributed by atoms with Crippen LogP contribution < -0.4 is 5.73 Å². The summed E-state index contributed by atoms with van der Waals surface area (Å²) in [4.78, 5) is 0.